The molecular weight excluding hydrogens is 202 g/mol. The minimum absolute atomic E-state index is 0.165. The van der Waals surface area contributed by atoms with Crippen LogP contribution in [0.1, 0.15) is 25.7 Å². The van der Waals surface area contributed by atoms with Crippen LogP contribution in [0.25, 0.3) is 0 Å². The molecule has 2 heterocycles. The second kappa shape index (κ2) is 4.49. The molecule has 0 aromatic rings. The molecule has 0 spiro atoms. The van der Waals surface area contributed by atoms with Crippen molar-refractivity contribution in [3.8, 4) is 0 Å². The van der Waals surface area contributed by atoms with Crippen molar-refractivity contribution in [2.24, 2.45) is 0 Å². The number of likely N-dealkylation sites (tertiary alicyclic amines) is 1. The topological polar surface area (TPSA) is 29.5 Å². The summed E-state index contributed by atoms with van der Waals surface area (Å²) in [7, 11) is 0. The maximum Gasteiger partial charge on any atom is 0.251 e. The molecule has 14 heavy (non-hydrogen) atoms. The SMILES string of the molecule is O=C(C1CCCO1)N1CCC(Cl)CC1. The molecule has 1 atom stereocenters. The van der Waals surface area contributed by atoms with Gasteiger partial charge < -0.3 is 9.64 Å². The molecule has 4 heteroatoms. The Morgan fingerprint density at radius 3 is 2.57 bits per heavy atom. The van der Waals surface area contributed by atoms with Gasteiger partial charge in [-0.05, 0) is 25.7 Å². The van der Waals surface area contributed by atoms with Gasteiger partial charge >= 0.3 is 0 Å². The van der Waals surface area contributed by atoms with E-state index in [0.717, 1.165) is 45.4 Å². The van der Waals surface area contributed by atoms with Gasteiger partial charge in [0.25, 0.3) is 5.91 Å². The second-order valence-corrected chi connectivity index (χ2v) is 4.62. The zero-order valence-electron chi connectivity index (χ0n) is 8.25. The Hall–Kier alpha value is -0.280. The van der Waals surface area contributed by atoms with Gasteiger partial charge in [-0.25, -0.2) is 0 Å². The molecule has 2 aliphatic rings. The normalized spacial score (nSPS) is 29.5. The van der Waals surface area contributed by atoms with Crippen molar-refractivity contribution in [2.45, 2.75) is 37.2 Å². The molecule has 0 saturated carbocycles. The van der Waals surface area contributed by atoms with Gasteiger partial charge in [0.2, 0.25) is 0 Å². The summed E-state index contributed by atoms with van der Waals surface area (Å²) in [5.41, 5.74) is 0. The van der Waals surface area contributed by atoms with E-state index in [4.69, 9.17) is 16.3 Å². The van der Waals surface area contributed by atoms with Gasteiger partial charge in [-0.2, -0.15) is 0 Å². The van der Waals surface area contributed by atoms with E-state index < -0.39 is 0 Å². The minimum Gasteiger partial charge on any atom is -0.368 e. The number of amides is 1. The standard InChI is InChI=1S/C10H16ClNO2/c11-8-3-5-12(6-4-8)10(13)9-2-1-7-14-9/h8-9H,1-7H2. The molecular formula is C10H16ClNO2. The molecule has 0 aromatic heterocycles. The zero-order valence-corrected chi connectivity index (χ0v) is 9.00. The van der Waals surface area contributed by atoms with Gasteiger partial charge in [0.05, 0.1) is 0 Å². The highest BCUT2D eigenvalue weighted by molar-refractivity contribution is 6.20. The first-order chi connectivity index (χ1) is 6.77. The predicted octanol–water partition coefficient (Wildman–Crippen LogP) is 1.40. The summed E-state index contributed by atoms with van der Waals surface area (Å²) in [6.45, 7) is 2.34. The maximum absolute atomic E-state index is 11.9. The molecule has 3 nitrogen and oxygen atoms in total. The molecule has 1 amide bonds. The summed E-state index contributed by atoms with van der Waals surface area (Å²) in [5, 5.41) is 0.253. The van der Waals surface area contributed by atoms with Crippen molar-refractivity contribution in [1.82, 2.24) is 4.90 Å². The zero-order chi connectivity index (χ0) is 9.97. The summed E-state index contributed by atoms with van der Waals surface area (Å²) in [6, 6.07) is 0. The van der Waals surface area contributed by atoms with Crippen LogP contribution >= 0.6 is 11.6 Å². The van der Waals surface area contributed by atoms with Gasteiger partial charge in [-0.1, -0.05) is 0 Å². The van der Waals surface area contributed by atoms with E-state index in [1.807, 2.05) is 4.90 Å². The first-order valence-corrected chi connectivity index (χ1v) is 5.75. The van der Waals surface area contributed by atoms with Crippen molar-refractivity contribution in [3.05, 3.63) is 0 Å². The summed E-state index contributed by atoms with van der Waals surface area (Å²) in [5.74, 6) is 0.172. The second-order valence-electron chi connectivity index (χ2n) is 4.00. The third kappa shape index (κ3) is 2.20. The van der Waals surface area contributed by atoms with Crippen molar-refractivity contribution in [2.75, 3.05) is 19.7 Å². The van der Waals surface area contributed by atoms with E-state index in [1.54, 1.807) is 0 Å². The molecule has 80 valence electrons. The Kier molecular flexibility index (Phi) is 3.29. The number of carbonyl (C=O) groups excluding carboxylic acids is 1. The highest BCUT2D eigenvalue weighted by Crippen LogP contribution is 2.20. The summed E-state index contributed by atoms with van der Waals surface area (Å²) in [6.07, 6.45) is 3.57. The first-order valence-electron chi connectivity index (χ1n) is 5.32. The number of carbonyl (C=O) groups is 1. The van der Waals surface area contributed by atoms with Gasteiger partial charge in [0.1, 0.15) is 6.10 Å². The lowest BCUT2D eigenvalue weighted by atomic mass is 10.1. The number of hydrogen-bond acceptors (Lipinski definition) is 2. The van der Waals surface area contributed by atoms with Crippen molar-refractivity contribution < 1.29 is 9.53 Å². The average Bonchev–Trinajstić information content (AvgIpc) is 2.71. The average molecular weight is 218 g/mol. The van der Waals surface area contributed by atoms with E-state index in [9.17, 15) is 4.79 Å². The lowest BCUT2D eigenvalue weighted by molar-refractivity contribution is -0.141. The van der Waals surface area contributed by atoms with Crippen molar-refractivity contribution >= 4 is 17.5 Å². The molecule has 2 saturated heterocycles. The molecule has 0 N–H and O–H groups in total. The van der Waals surface area contributed by atoms with Gasteiger partial charge in [0, 0.05) is 25.1 Å². The smallest absolute Gasteiger partial charge is 0.251 e. The summed E-state index contributed by atoms with van der Waals surface area (Å²) >= 11 is 5.98. The maximum atomic E-state index is 11.9. The lowest BCUT2D eigenvalue weighted by Crippen LogP contribution is -2.43. The Morgan fingerprint density at radius 2 is 2.00 bits per heavy atom. The van der Waals surface area contributed by atoms with Gasteiger partial charge in [-0.3, -0.25) is 4.79 Å². The molecule has 0 bridgehead atoms. The van der Waals surface area contributed by atoms with E-state index in [0.29, 0.717) is 0 Å². The largest absolute Gasteiger partial charge is 0.368 e. The molecule has 0 aliphatic carbocycles. The Balaban J connectivity index is 1.85. The third-order valence-electron chi connectivity index (χ3n) is 2.94. The fourth-order valence-corrected chi connectivity index (χ4v) is 2.24. The highest BCUT2D eigenvalue weighted by atomic mass is 35.5. The van der Waals surface area contributed by atoms with Gasteiger partial charge in [0.15, 0.2) is 0 Å². The lowest BCUT2D eigenvalue weighted by Gasteiger charge is -2.30. The third-order valence-corrected chi connectivity index (χ3v) is 3.38. The van der Waals surface area contributed by atoms with Crippen LogP contribution in [0.2, 0.25) is 0 Å². The van der Waals surface area contributed by atoms with Crippen LogP contribution in [-0.4, -0.2) is 42.0 Å². The predicted molar refractivity (Wildman–Crippen MR) is 54.4 cm³/mol. The monoisotopic (exact) mass is 217 g/mol. The van der Waals surface area contributed by atoms with E-state index in [-0.39, 0.29) is 17.4 Å². The summed E-state index contributed by atoms with van der Waals surface area (Å²) < 4.78 is 5.37. The van der Waals surface area contributed by atoms with Crippen LogP contribution < -0.4 is 0 Å². The molecule has 2 fully saturated rings. The molecule has 2 aliphatic heterocycles. The molecule has 2 rings (SSSR count). The van der Waals surface area contributed by atoms with Crippen LogP contribution in [0.3, 0.4) is 0 Å². The molecule has 0 radical (unpaired) electrons. The molecule has 0 aromatic carbocycles. The number of rotatable bonds is 1. The Morgan fingerprint density at radius 1 is 1.29 bits per heavy atom. The van der Waals surface area contributed by atoms with E-state index in [1.165, 1.54) is 0 Å². The van der Waals surface area contributed by atoms with Crippen LogP contribution in [-0.2, 0) is 9.53 Å². The minimum atomic E-state index is -0.165. The number of halogens is 1. The fourth-order valence-electron chi connectivity index (χ4n) is 2.04. The van der Waals surface area contributed by atoms with Crippen LogP contribution in [0, 0.1) is 0 Å². The number of alkyl halides is 1. The highest BCUT2D eigenvalue weighted by Gasteiger charge is 2.30. The van der Waals surface area contributed by atoms with Crippen LogP contribution in [0.5, 0.6) is 0 Å². The fraction of sp³-hybridized carbons (Fsp3) is 0.900. The number of piperidine rings is 1. The Bertz CT molecular complexity index is 208. The van der Waals surface area contributed by atoms with Crippen molar-refractivity contribution in [1.29, 1.82) is 0 Å². The number of nitrogens with zero attached hydrogens (tertiary/aromatic N) is 1. The summed E-state index contributed by atoms with van der Waals surface area (Å²) in [4.78, 5) is 13.8. The first kappa shape index (κ1) is 10.2. The van der Waals surface area contributed by atoms with Gasteiger partial charge in [-0.15, -0.1) is 11.6 Å². The van der Waals surface area contributed by atoms with E-state index >= 15 is 0 Å². The van der Waals surface area contributed by atoms with Crippen molar-refractivity contribution in [3.63, 3.8) is 0 Å². The quantitative estimate of drug-likeness (QED) is 0.622. The Labute approximate surface area is 89.4 Å². The van der Waals surface area contributed by atoms with Crippen LogP contribution in [0.15, 0.2) is 0 Å². The molecule has 1 unspecified atom stereocenters. The number of hydrogen-bond donors (Lipinski definition) is 0. The number of ether oxygens (including phenoxy) is 1. The van der Waals surface area contributed by atoms with E-state index in [2.05, 4.69) is 0 Å². The van der Waals surface area contributed by atoms with Crippen LogP contribution in [0.4, 0.5) is 0 Å².